The van der Waals surface area contributed by atoms with Crippen molar-refractivity contribution in [2.75, 3.05) is 0 Å². The maximum atomic E-state index is 12.3. The molecule has 1 amide bonds. The van der Waals surface area contributed by atoms with Gasteiger partial charge in [-0.1, -0.05) is 41.5 Å². The van der Waals surface area contributed by atoms with Gasteiger partial charge in [-0.25, -0.2) is 0 Å². The zero-order valence-electron chi connectivity index (χ0n) is 12.5. The predicted molar refractivity (Wildman–Crippen MR) is 83.0 cm³/mol. The van der Waals surface area contributed by atoms with Crippen LogP contribution in [0.2, 0.25) is 0 Å². The molecular weight excluding hydrogens is 246 g/mol. The van der Waals surface area contributed by atoms with Crippen LogP contribution in [0.25, 0.3) is 0 Å². The fourth-order valence-corrected chi connectivity index (χ4v) is 2.37. The third-order valence-corrected chi connectivity index (χ3v) is 3.53. The van der Waals surface area contributed by atoms with Crippen molar-refractivity contribution in [3.8, 4) is 0 Å². The first kappa shape index (κ1) is 14.3. The fourth-order valence-electron chi connectivity index (χ4n) is 2.37. The Morgan fingerprint density at radius 2 is 1.70 bits per heavy atom. The third kappa shape index (κ3) is 3.27. The van der Waals surface area contributed by atoms with Gasteiger partial charge in [0.15, 0.2) is 0 Å². The number of aryl methyl sites for hydroxylation is 3. The first-order chi connectivity index (χ1) is 9.47. The Hall–Kier alpha value is -2.09. The van der Waals surface area contributed by atoms with Crippen LogP contribution in [0.15, 0.2) is 42.5 Å². The van der Waals surface area contributed by atoms with E-state index in [1.165, 1.54) is 16.7 Å². The number of carbonyl (C=O) groups excluding carboxylic acids is 1. The summed E-state index contributed by atoms with van der Waals surface area (Å²) in [5, 5.41) is 3.07. The summed E-state index contributed by atoms with van der Waals surface area (Å²) in [6, 6.07) is 14.0. The predicted octanol–water partition coefficient (Wildman–Crippen LogP) is 4.10. The molecule has 0 heterocycles. The molecule has 2 nitrogen and oxygen atoms in total. The van der Waals surface area contributed by atoms with Crippen molar-refractivity contribution >= 4 is 5.91 Å². The molecule has 0 bridgehead atoms. The number of benzene rings is 2. The summed E-state index contributed by atoms with van der Waals surface area (Å²) in [6.45, 7) is 8.16. The van der Waals surface area contributed by atoms with Crippen molar-refractivity contribution in [3.63, 3.8) is 0 Å². The Morgan fingerprint density at radius 3 is 2.40 bits per heavy atom. The van der Waals surface area contributed by atoms with Gasteiger partial charge in [-0.3, -0.25) is 4.79 Å². The molecule has 1 atom stereocenters. The minimum Gasteiger partial charge on any atom is -0.346 e. The lowest BCUT2D eigenvalue weighted by Gasteiger charge is -2.17. The number of amides is 1. The van der Waals surface area contributed by atoms with Crippen LogP contribution in [0.5, 0.6) is 0 Å². The van der Waals surface area contributed by atoms with E-state index >= 15 is 0 Å². The maximum Gasteiger partial charge on any atom is 0.251 e. The smallest absolute Gasteiger partial charge is 0.251 e. The van der Waals surface area contributed by atoms with Crippen molar-refractivity contribution in [2.45, 2.75) is 33.7 Å². The molecule has 20 heavy (non-hydrogen) atoms. The molecule has 2 rings (SSSR count). The van der Waals surface area contributed by atoms with Gasteiger partial charge in [-0.05, 0) is 51.0 Å². The molecule has 0 fully saturated rings. The molecule has 0 saturated carbocycles. The number of hydrogen-bond donors (Lipinski definition) is 1. The van der Waals surface area contributed by atoms with E-state index < -0.39 is 0 Å². The van der Waals surface area contributed by atoms with Crippen LogP contribution < -0.4 is 5.32 Å². The molecule has 2 heteroatoms. The van der Waals surface area contributed by atoms with Gasteiger partial charge < -0.3 is 5.32 Å². The fraction of sp³-hybridized carbons (Fsp3) is 0.278. The SMILES string of the molecule is Cc1cccc(C(=O)NC(C)c2cc(C)ccc2C)c1. The van der Waals surface area contributed by atoms with Gasteiger partial charge in [0.05, 0.1) is 6.04 Å². The van der Waals surface area contributed by atoms with E-state index in [0.29, 0.717) is 5.56 Å². The minimum atomic E-state index is -0.0258. The maximum absolute atomic E-state index is 12.3. The number of hydrogen-bond acceptors (Lipinski definition) is 1. The van der Waals surface area contributed by atoms with Gasteiger partial charge in [0.25, 0.3) is 5.91 Å². The van der Waals surface area contributed by atoms with Crippen LogP contribution in [0.1, 0.15) is 45.6 Å². The van der Waals surface area contributed by atoms with E-state index in [-0.39, 0.29) is 11.9 Å². The number of rotatable bonds is 3. The summed E-state index contributed by atoms with van der Waals surface area (Å²) < 4.78 is 0. The molecule has 0 aliphatic heterocycles. The van der Waals surface area contributed by atoms with E-state index in [2.05, 4.69) is 37.4 Å². The molecule has 104 valence electrons. The van der Waals surface area contributed by atoms with Crippen LogP contribution in [0, 0.1) is 20.8 Å². The summed E-state index contributed by atoms with van der Waals surface area (Å²) in [5.41, 5.74) is 5.39. The molecule has 1 N–H and O–H groups in total. The van der Waals surface area contributed by atoms with Crippen molar-refractivity contribution < 1.29 is 4.79 Å². The molecular formula is C18H21NO. The Labute approximate surface area is 120 Å². The van der Waals surface area contributed by atoms with E-state index in [1.54, 1.807) is 0 Å². The third-order valence-electron chi connectivity index (χ3n) is 3.53. The highest BCUT2D eigenvalue weighted by Crippen LogP contribution is 2.19. The number of nitrogens with one attached hydrogen (secondary N) is 1. The lowest BCUT2D eigenvalue weighted by Crippen LogP contribution is -2.27. The van der Waals surface area contributed by atoms with Gasteiger partial charge in [0, 0.05) is 5.56 Å². The molecule has 0 saturated heterocycles. The van der Waals surface area contributed by atoms with E-state index in [4.69, 9.17) is 0 Å². The Morgan fingerprint density at radius 1 is 1.00 bits per heavy atom. The van der Waals surface area contributed by atoms with Gasteiger partial charge in [0.1, 0.15) is 0 Å². The second-order valence-electron chi connectivity index (χ2n) is 5.42. The molecule has 0 radical (unpaired) electrons. The zero-order valence-corrected chi connectivity index (χ0v) is 12.5. The molecule has 2 aromatic rings. The zero-order chi connectivity index (χ0) is 14.7. The molecule has 0 spiro atoms. The van der Waals surface area contributed by atoms with Gasteiger partial charge in [0.2, 0.25) is 0 Å². The molecule has 0 aliphatic carbocycles. The van der Waals surface area contributed by atoms with E-state index in [1.807, 2.05) is 38.1 Å². The van der Waals surface area contributed by atoms with Crippen LogP contribution >= 0.6 is 0 Å². The molecule has 2 aromatic carbocycles. The summed E-state index contributed by atoms with van der Waals surface area (Å²) in [7, 11) is 0. The summed E-state index contributed by atoms with van der Waals surface area (Å²) in [6.07, 6.45) is 0. The Bertz CT molecular complexity index is 631. The highest BCUT2D eigenvalue weighted by Gasteiger charge is 2.13. The second kappa shape index (κ2) is 5.91. The molecule has 0 aliphatic rings. The largest absolute Gasteiger partial charge is 0.346 e. The Balaban J connectivity index is 2.17. The Kier molecular flexibility index (Phi) is 4.23. The summed E-state index contributed by atoms with van der Waals surface area (Å²) in [5.74, 6) is -0.0258. The topological polar surface area (TPSA) is 29.1 Å². The highest BCUT2D eigenvalue weighted by atomic mass is 16.1. The summed E-state index contributed by atoms with van der Waals surface area (Å²) in [4.78, 5) is 12.3. The summed E-state index contributed by atoms with van der Waals surface area (Å²) >= 11 is 0. The lowest BCUT2D eigenvalue weighted by atomic mass is 9.99. The van der Waals surface area contributed by atoms with Crippen molar-refractivity contribution in [1.29, 1.82) is 0 Å². The van der Waals surface area contributed by atoms with Crippen molar-refractivity contribution in [3.05, 3.63) is 70.3 Å². The van der Waals surface area contributed by atoms with E-state index in [9.17, 15) is 4.79 Å². The quantitative estimate of drug-likeness (QED) is 0.891. The van der Waals surface area contributed by atoms with Crippen LogP contribution in [-0.2, 0) is 0 Å². The number of carbonyl (C=O) groups is 1. The second-order valence-corrected chi connectivity index (χ2v) is 5.42. The van der Waals surface area contributed by atoms with Crippen LogP contribution in [-0.4, -0.2) is 5.91 Å². The van der Waals surface area contributed by atoms with Crippen molar-refractivity contribution in [1.82, 2.24) is 5.32 Å². The van der Waals surface area contributed by atoms with Gasteiger partial charge in [-0.2, -0.15) is 0 Å². The van der Waals surface area contributed by atoms with Crippen molar-refractivity contribution in [2.24, 2.45) is 0 Å². The first-order valence-corrected chi connectivity index (χ1v) is 6.92. The van der Waals surface area contributed by atoms with Gasteiger partial charge >= 0.3 is 0 Å². The van der Waals surface area contributed by atoms with Gasteiger partial charge in [-0.15, -0.1) is 0 Å². The van der Waals surface area contributed by atoms with E-state index in [0.717, 1.165) is 5.56 Å². The highest BCUT2D eigenvalue weighted by molar-refractivity contribution is 5.94. The molecule has 1 unspecified atom stereocenters. The van der Waals surface area contributed by atoms with Crippen LogP contribution in [0.3, 0.4) is 0 Å². The minimum absolute atomic E-state index is 0.00270. The van der Waals surface area contributed by atoms with Crippen LogP contribution in [0.4, 0.5) is 0 Å². The average Bonchev–Trinajstić information content (AvgIpc) is 2.41. The standard InChI is InChI=1S/C18H21NO/c1-12-6-5-7-16(10-12)18(20)19-15(4)17-11-13(2)8-9-14(17)3/h5-11,15H,1-4H3,(H,19,20). The first-order valence-electron chi connectivity index (χ1n) is 6.92. The monoisotopic (exact) mass is 267 g/mol. The molecule has 0 aromatic heterocycles. The normalized spacial score (nSPS) is 12.0. The average molecular weight is 267 g/mol. The lowest BCUT2D eigenvalue weighted by molar-refractivity contribution is 0.0939.